The lowest BCUT2D eigenvalue weighted by Crippen LogP contribution is -2.61. The molecule has 416 valence electrons. The number of nitrogens with one attached hydrogen (secondary N) is 6. The Kier molecular flexibility index (Phi) is 30.0. The van der Waals surface area contributed by atoms with Gasteiger partial charge in [-0.3, -0.25) is 38.8 Å². The molecule has 0 bridgehead atoms. The Morgan fingerprint density at radius 1 is 0.653 bits per heavy atom. The number of alkyl halides is 6. The van der Waals surface area contributed by atoms with E-state index in [1.165, 1.54) is 42.3 Å². The minimum absolute atomic E-state index is 0.0764. The number of nitrogens with zero attached hydrogens (tertiary/aromatic N) is 2. The van der Waals surface area contributed by atoms with Gasteiger partial charge in [0, 0.05) is 19.3 Å². The zero-order valence-corrected chi connectivity index (χ0v) is 48.1. The quantitative estimate of drug-likeness (QED) is 0.0465. The Morgan fingerprint density at radius 3 is 1.33 bits per heavy atom. The maximum atomic E-state index is 12.8. The number of hydrazine groups is 2. The summed E-state index contributed by atoms with van der Waals surface area (Å²) in [7, 11) is -6.54. The number of alkyl carbamates (subject to hydrolysis) is 1. The predicted molar refractivity (Wildman–Crippen MR) is 277 cm³/mol. The van der Waals surface area contributed by atoms with Crippen LogP contribution in [-0.4, -0.2) is 162 Å². The van der Waals surface area contributed by atoms with Crippen LogP contribution in [0.2, 0.25) is 0 Å². The van der Waals surface area contributed by atoms with Crippen molar-refractivity contribution >= 4 is 131 Å². The molecule has 0 unspecified atom stereocenters. The van der Waals surface area contributed by atoms with Crippen LogP contribution in [0.15, 0.2) is 25.3 Å². The van der Waals surface area contributed by atoms with Crippen molar-refractivity contribution < 1.29 is 64.6 Å². The molecule has 0 aromatic heterocycles. The van der Waals surface area contributed by atoms with Crippen LogP contribution in [0.4, 0.5) is 4.79 Å². The summed E-state index contributed by atoms with van der Waals surface area (Å²) in [6, 6.07) is -5.52. The smallest absolute Gasteiger partial charge is 0.408 e. The number of amides is 5. The molecule has 6 N–H and O–H groups in total. The fraction of sp³-hybridized carbons (Fsp3) is 0.738. The fourth-order valence-electron chi connectivity index (χ4n) is 6.01. The molecule has 0 radical (unpaired) electrons. The summed E-state index contributed by atoms with van der Waals surface area (Å²) in [4.78, 5) is 87.5. The van der Waals surface area contributed by atoms with Gasteiger partial charge in [-0.2, -0.15) is 0 Å². The van der Waals surface area contributed by atoms with Crippen molar-refractivity contribution in [1.82, 2.24) is 41.5 Å². The lowest BCUT2D eigenvalue weighted by Gasteiger charge is -2.34. The third-order valence-electron chi connectivity index (χ3n) is 9.32. The van der Waals surface area contributed by atoms with Crippen molar-refractivity contribution in [1.29, 1.82) is 0 Å². The molecule has 2 saturated heterocycles. The molecule has 30 heteroatoms. The molecule has 22 nitrogen and oxygen atoms in total. The van der Waals surface area contributed by atoms with Crippen molar-refractivity contribution in [3.8, 4) is 0 Å². The molecule has 6 atom stereocenters. The summed E-state index contributed by atoms with van der Waals surface area (Å²) >= 11 is 33.5. The molecule has 2 fully saturated rings. The third-order valence-corrected chi connectivity index (χ3v) is 12.1. The summed E-state index contributed by atoms with van der Waals surface area (Å²) in [5, 5.41) is 10.1. The summed E-state index contributed by atoms with van der Waals surface area (Å²) in [6.45, 7) is 21.4. The number of sulfonamides is 1. The number of rotatable bonds is 19. The molecular weight excluding hydrogens is 1120 g/mol. The SMILES string of the molecule is C=CCS(=O)(=O)N[C@H](C(=O)N[C@@H](C)C(=O)N1CCC[C@@H](C(=O)OCC(Cl)(Cl)Cl)N1)C(C)C.C=CCS(C)(=O)=O.CC(C)[C@H](NC(=O)OC(C)(C)C)C(=O)N[C@@H](C)C(=O)N1CCC[C@@H](C(=O)OCC(Cl)(Cl)Cl)N1. The number of sulfone groups is 1. The molecule has 2 aliphatic heterocycles. The zero-order valence-electron chi connectivity index (χ0n) is 42.0. The highest BCUT2D eigenvalue weighted by atomic mass is 35.6. The first-order valence-electron chi connectivity index (χ1n) is 22.3. The van der Waals surface area contributed by atoms with Gasteiger partial charge in [0.05, 0.1) is 11.5 Å². The molecular formula is C42H70Cl6N8O14S2. The molecule has 2 rings (SSSR count). The number of ether oxygens (including phenoxy) is 3. The van der Waals surface area contributed by atoms with Crippen LogP contribution in [0.5, 0.6) is 0 Å². The van der Waals surface area contributed by atoms with Crippen LogP contribution < -0.4 is 31.5 Å². The molecule has 2 heterocycles. The molecule has 5 amide bonds. The van der Waals surface area contributed by atoms with Crippen LogP contribution in [0, 0.1) is 11.8 Å². The van der Waals surface area contributed by atoms with Gasteiger partial charge in [-0.1, -0.05) is 109 Å². The van der Waals surface area contributed by atoms with E-state index in [1.807, 2.05) is 0 Å². The first kappa shape index (κ1) is 69.1. The highest BCUT2D eigenvalue weighted by molar-refractivity contribution is 7.90. The van der Waals surface area contributed by atoms with Crippen molar-refractivity contribution in [2.75, 3.05) is 44.1 Å². The Hall–Kier alpha value is -2.91. The van der Waals surface area contributed by atoms with Crippen LogP contribution in [-0.2, 0) is 62.8 Å². The third kappa shape index (κ3) is 29.8. The fourth-order valence-corrected chi connectivity index (χ4v) is 7.94. The molecule has 0 aliphatic carbocycles. The van der Waals surface area contributed by atoms with Crippen LogP contribution in [0.25, 0.3) is 0 Å². The van der Waals surface area contributed by atoms with E-state index in [9.17, 15) is 50.4 Å². The van der Waals surface area contributed by atoms with Gasteiger partial charge in [0.15, 0.2) is 9.84 Å². The zero-order chi connectivity index (χ0) is 56.2. The van der Waals surface area contributed by atoms with Gasteiger partial charge in [-0.15, -0.1) is 13.2 Å². The van der Waals surface area contributed by atoms with E-state index in [2.05, 4.69) is 44.7 Å². The van der Waals surface area contributed by atoms with E-state index in [4.69, 9.17) is 83.8 Å². The monoisotopic (exact) mass is 1180 g/mol. The van der Waals surface area contributed by atoms with Gasteiger partial charge in [0.1, 0.15) is 55.1 Å². The van der Waals surface area contributed by atoms with Gasteiger partial charge < -0.3 is 30.2 Å². The second-order valence-corrected chi connectivity index (χ2v) is 27.2. The predicted octanol–water partition coefficient (Wildman–Crippen LogP) is 3.70. The Labute approximate surface area is 453 Å². The lowest BCUT2D eigenvalue weighted by atomic mass is 10.0. The van der Waals surface area contributed by atoms with Gasteiger partial charge >= 0.3 is 18.0 Å². The number of hydrogen-bond donors (Lipinski definition) is 6. The molecule has 0 spiro atoms. The second-order valence-electron chi connectivity index (χ2n) is 18.2. The van der Waals surface area contributed by atoms with Crippen molar-refractivity contribution in [2.24, 2.45) is 11.8 Å². The van der Waals surface area contributed by atoms with Gasteiger partial charge in [-0.05, 0) is 72.1 Å². The molecule has 0 aromatic carbocycles. The van der Waals surface area contributed by atoms with E-state index >= 15 is 0 Å². The summed E-state index contributed by atoms with van der Waals surface area (Å²) < 4.78 is 58.3. The van der Waals surface area contributed by atoms with Crippen LogP contribution in [0.3, 0.4) is 0 Å². The topological polar surface area (TPSA) is 294 Å². The molecule has 72 heavy (non-hydrogen) atoms. The number of carbonyl (C=O) groups is 7. The minimum atomic E-state index is -3.75. The standard InChI is InChI=1S/C20H33Cl3N4O6.C18H29Cl3N4O6S.C4H8O2S/c1-11(2)14(25-18(31)33-19(4,5)6)15(28)24-12(3)16(29)27-9-7-8-13(26-27)17(30)32-10-20(21,22)23;1-5-9-32(29,30)24-14(11(2)3)15(26)22-12(4)16(27)25-8-6-7-13(23-25)17(28)31-10-18(19,20)21;1-3-4-7(2,5)6/h11-14,26H,7-10H2,1-6H3,(H,24,28)(H,25,31);5,11-14,23-24H,1,6-10H2,2-4H3,(H,22,26);3H,1,4H2,2H3/t2*12-,13-,14-;/m00./s1. The van der Waals surface area contributed by atoms with Gasteiger partial charge in [0.2, 0.25) is 29.4 Å². The second kappa shape index (κ2) is 31.2. The molecule has 0 saturated carbocycles. The highest BCUT2D eigenvalue weighted by Crippen LogP contribution is 2.27. The van der Waals surface area contributed by atoms with Gasteiger partial charge in [-0.25, -0.2) is 37.2 Å². The number of hydrogen-bond acceptors (Lipinski definition) is 16. The van der Waals surface area contributed by atoms with E-state index in [0.717, 1.165) is 0 Å². The normalized spacial score (nSPS) is 18.2. The lowest BCUT2D eigenvalue weighted by molar-refractivity contribution is -0.154. The van der Waals surface area contributed by atoms with E-state index in [-0.39, 0.29) is 23.3 Å². The van der Waals surface area contributed by atoms with Crippen LogP contribution in [0.1, 0.15) is 88.0 Å². The first-order valence-corrected chi connectivity index (χ1v) is 28.3. The Balaban J connectivity index is 0.00000123. The average Bonchev–Trinajstić information content (AvgIpc) is 3.23. The van der Waals surface area contributed by atoms with Crippen LogP contribution >= 0.6 is 69.6 Å². The van der Waals surface area contributed by atoms with E-state index in [1.54, 1.807) is 48.5 Å². The summed E-state index contributed by atoms with van der Waals surface area (Å²) in [5.41, 5.74) is 4.83. The maximum absolute atomic E-state index is 12.8. The van der Waals surface area contributed by atoms with E-state index in [0.29, 0.717) is 38.8 Å². The average molecular weight is 1190 g/mol. The highest BCUT2D eigenvalue weighted by Gasteiger charge is 2.37. The largest absolute Gasteiger partial charge is 0.460 e. The number of esters is 2. The van der Waals surface area contributed by atoms with Crippen molar-refractivity contribution in [3.63, 3.8) is 0 Å². The maximum Gasteiger partial charge on any atom is 0.408 e. The summed E-state index contributed by atoms with van der Waals surface area (Å²) in [5.74, 6) is -4.38. The van der Waals surface area contributed by atoms with Gasteiger partial charge in [0.25, 0.3) is 11.8 Å². The molecule has 2 aliphatic rings. The minimum Gasteiger partial charge on any atom is -0.460 e. The van der Waals surface area contributed by atoms with Crippen molar-refractivity contribution in [3.05, 3.63) is 25.3 Å². The Morgan fingerprint density at radius 2 is 1.03 bits per heavy atom. The summed E-state index contributed by atoms with van der Waals surface area (Å²) in [6.07, 6.45) is 4.89. The molecule has 0 aromatic rings. The van der Waals surface area contributed by atoms with E-state index < -0.39 is 124 Å². The number of carbonyl (C=O) groups excluding carboxylic acids is 7. The number of halogens is 6. The first-order chi connectivity index (χ1) is 32.7. The Bertz CT molecular complexity index is 2090. The van der Waals surface area contributed by atoms with Crippen molar-refractivity contribution in [2.45, 2.75) is 137 Å².